The highest BCUT2D eigenvalue weighted by atomic mass is 16.3. The lowest BCUT2D eigenvalue weighted by Crippen LogP contribution is -2.65. The van der Waals surface area contributed by atoms with Gasteiger partial charge in [0.05, 0.1) is 12.8 Å². The van der Waals surface area contributed by atoms with Crippen molar-refractivity contribution in [3.63, 3.8) is 0 Å². The van der Waals surface area contributed by atoms with Gasteiger partial charge in [0.1, 0.15) is 16.9 Å². The number of anilines is 1. The van der Waals surface area contributed by atoms with Crippen molar-refractivity contribution in [3.05, 3.63) is 60.0 Å². The molecular weight excluding hydrogens is 428 g/mol. The van der Waals surface area contributed by atoms with Crippen LogP contribution in [-0.2, 0) is 17.8 Å². The topological polar surface area (TPSA) is 80.4 Å². The van der Waals surface area contributed by atoms with Crippen LogP contribution >= 0.6 is 0 Å². The number of carbonyl (C=O) groups is 2. The van der Waals surface area contributed by atoms with Gasteiger partial charge in [0.25, 0.3) is 5.91 Å². The van der Waals surface area contributed by atoms with E-state index in [1.165, 1.54) is 12.8 Å². The molecule has 5 rings (SSSR count). The van der Waals surface area contributed by atoms with Gasteiger partial charge in [-0.2, -0.15) is 5.10 Å². The Morgan fingerprint density at radius 3 is 2.65 bits per heavy atom. The molecule has 7 heteroatoms. The van der Waals surface area contributed by atoms with E-state index in [9.17, 15) is 9.59 Å². The average Bonchev–Trinajstić information content (AvgIpc) is 3.45. The first kappa shape index (κ1) is 22.4. The molecule has 2 amide bonds. The number of hydrogen-bond donors (Lipinski definition) is 1. The third kappa shape index (κ3) is 4.04. The molecule has 178 valence electrons. The van der Waals surface area contributed by atoms with Gasteiger partial charge < -0.3 is 9.73 Å². The zero-order valence-electron chi connectivity index (χ0n) is 19.9. The van der Waals surface area contributed by atoms with Gasteiger partial charge in [-0.1, -0.05) is 44.7 Å². The minimum absolute atomic E-state index is 0.129. The highest BCUT2D eigenvalue weighted by molar-refractivity contribution is 6.12. The Hall–Kier alpha value is -3.35. The zero-order chi connectivity index (χ0) is 23.7. The van der Waals surface area contributed by atoms with E-state index in [2.05, 4.69) is 17.3 Å². The number of carbonyl (C=O) groups excluding carboxylic acids is 2. The molecule has 34 heavy (non-hydrogen) atoms. The third-order valence-electron chi connectivity index (χ3n) is 7.18. The summed E-state index contributed by atoms with van der Waals surface area (Å²) in [4.78, 5) is 29.5. The number of fused-ring (bicyclic) bond motifs is 1. The summed E-state index contributed by atoms with van der Waals surface area (Å²) >= 11 is 0. The van der Waals surface area contributed by atoms with Crippen molar-refractivity contribution in [3.8, 4) is 11.5 Å². The van der Waals surface area contributed by atoms with Crippen molar-refractivity contribution in [1.82, 2.24) is 15.1 Å². The molecule has 1 atom stereocenters. The standard InChI is InChI=1S/C27H32N4O3/c1-3-19-10-8-13-21(16-19)31-25(32)23-17-22(24-14-9-15-34-24)29-30(23)18-27(31,2)26(33)28-20-11-6-4-5-7-12-20/h8-10,13-17,20H,3-7,11-12,18H2,1-2H3,(H,28,33). The normalized spacial score (nSPS) is 21.2. The largest absolute Gasteiger partial charge is 0.463 e. The van der Waals surface area contributed by atoms with Gasteiger partial charge in [-0.3, -0.25) is 19.2 Å². The lowest BCUT2D eigenvalue weighted by molar-refractivity contribution is -0.127. The Morgan fingerprint density at radius 1 is 1.15 bits per heavy atom. The maximum Gasteiger partial charge on any atom is 0.277 e. The SMILES string of the molecule is CCc1cccc(N2C(=O)c3cc(-c4ccco4)nn3CC2(C)C(=O)NC2CCCCCC2)c1. The van der Waals surface area contributed by atoms with E-state index < -0.39 is 5.54 Å². The second-order valence-corrected chi connectivity index (χ2v) is 9.65. The van der Waals surface area contributed by atoms with E-state index in [4.69, 9.17) is 4.42 Å². The first-order valence-electron chi connectivity index (χ1n) is 12.4. The molecule has 1 aliphatic heterocycles. The summed E-state index contributed by atoms with van der Waals surface area (Å²) < 4.78 is 7.17. The molecule has 0 spiro atoms. The minimum Gasteiger partial charge on any atom is -0.463 e. The summed E-state index contributed by atoms with van der Waals surface area (Å²) in [5.74, 6) is 0.234. The average molecular weight is 461 g/mol. The van der Waals surface area contributed by atoms with Crippen molar-refractivity contribution in [2.45, 2.75) is 76.9 Å². The van der Waals surface area contributed by atoms with Crippen LogP contribution in [0.3, 0.4) is 0 Å². The second-order valence-electron chi connectivity index (χ2n) is 9.65. The molecule has 1 unspecified atom stereocenters. The van der Waals surface area contributed by atoms with Crippen LogP contribution in [0.4, 0.5) is 5.69 Å². The van der Waals surface area contributed by atoms with E-state index in [1.54, 1.807) is 28.0 Å². The monoisotopic (exact) mass is 460 g/mol. The zero-order valence-corrected chi connectivity index (χ0v) is 19.9. The van der Waals surface area contributed by atoms with Crippen LogP contribution in [-0.4, -0.2) is 33.2 Å². The number of amides is 2. The van der Waals surface area contributed by atoms with Gasteiger partial charge >= 0.3 is 0 Å². The summed E-state index contributed by atoms with van der Waals surface area (Å²) in [6, 6.07) is 13.4. The van der Waals surface area contributed by atoms with E-state index in [-0.39, 0.29) is 24.4 Å². The maximum atomic E-state index is 13.9. The molecule has 1 N–H and O–H groups in total. The Balaban J connectivity index is 1.55. The predicted octanol–water partition coefficient (Wildman–Crippen LogP) is 4.96. The summed E-state index contributed by atoms with van der Waals surface area (Å²) in [5.41, 5.74) is 1.77. The van der Waals surface area contributed by atoms with E-state index in [0.717, 1.165) is 43.4 Å². The fourth-order valence-electron chi connectivity index (χ4n) is 5.21. The van der Waals surface area contributed by atoms with E-state index in [0.29, 0.717) is 17.1 Å². The molecule has 1 fully saturated rings. The van der Waals surface area contributed by atoms with Crippen LogP contribution in [0.25, 0.3) is 11.5 Å². The van der Waals surface area contributed by atoms with Crippen LogP contribution in [0.2, 0.25) is 0 Å². The van der Waals surface area contributed by atoms with Crippen LogP contribution in [0, 0.1) is 0 Å². The highest BCUT2D eigenvalue weighted by Gasteiger charge is 2.49. The van der Waals surface area contributed by atoms with Crippen molar-refractivity contribution in [2.75, 3.05) is 4.90 Å². The summed E-state index contributed by atoms with van der Waals surface area (Å²) in [6.45, 7) is 4.20. The molecule has 1 aromatic carbocycles. The Labute approximate surface area is 200 Å². The fourth-order valence-corrected chi connectivity index (χ4v) is 5.21. The van der Waals surface area contributed by atoms with E-state index in [1.807, 2.05) is 37.3 Å². The summed E-state index contributed by atoms with van der Waals surface area (Å²) in [5, 5.41) is 7.93. The van der Waals surface area contributed by atoms with Crippen LogP contribution in [0.1, 0.15) is 68.4 Å². The van der Waals surface area contributed by atoms with E-state index >= 15 is 0 Å². The van der Waals surface area contributed by atoms with Crippen LogP contribution in [0.5, 0.6) is 0 Å². The highest BCUT2D eigenvalue weighted by Crippen LogP contribution is 2.35. The number of aryl methyl sites for hydroxylation is 1. The fraction of sp³-hybridized carbons (Fsp3) is 0.444. The third-order valence-corrected chi connectivity index (χ3v) is 7.18. The Morgan fingerprint density at radius 2 is 1.94 bits per heavy atom. The van der Waals surface area contributed by atoms with Crippen LogP contribution < -0.4 is 10.2 Å². The maximum absolute atomic E-state index is 13.9. The number of rotatable bonds is 5. The lowest BCUT2D eigenvalue weighted by atomic mass is 9.92. The molecule has 1 saturated carbocycles. The first-order valence-corrected chi connectivity index (χ1v) is 12.4. The molecule has 2 aromatic heterocycles. The molecule has 0 radical (unpaired) electrons. The number of hydrogen-bond acceptors (Lipinski definition) is 4. The number of furan rings is 1. The Bertz CT molecular complexity index is 1170. The van der Waals surface area contributed by atoms with Crippen molar-refractivity contribution >= 4 is 17.5 Å². The van der Waals surface area contributed by atoms with Crippen LogP contribution in [0.15, 0.2) is 53.1 Å². The molecule has 7 nitrogen and oxygen atoms in total. The smallest absolute Gasteiger partial charge is 0.277 e. The molecule has 1 aliphatic carbocycles. The number of nitrogens with zero attached hydrogens (tertiary/aromatic N) is 3. The molecule has 2 aliphatic rings. The van der Waals surface area contributed by atoms with Gasteiger partial charge in [-0.05, 0) is 56.0 Å². The first-order chi connectivity index (χ1) is 16.5. The molecule has 0 saturated heterocycles. The van der Waals surface area contributed by atoms with Gasteiger partial charge in [0.15, 0.2) is 5.76 Å². The number of benzene rings is 1. The number of nitrogens with one attached hydrogen (secondary N) is 1. The van der Waals surface area contributed by atoms with Crippen molar-refractivity contribution in [2.24, 2.45) is 0 Å². The summed E-state index contributed by atoms with van der Waals surface area (Å²) in [6.07, 6.45) is 9.07. The number of aromatic nitrogens is 2. The van der Waals surface area contributed by atoms with Crippen molar-refractivity contribution < 1.29 is 14.0 Å². The van der Waals surface area contributed by atoms with Gasteiger partial charge in [-0.25, -0.2) is 0 Å². The van der Waals surface area contributed by atoms with Gasteiger partial charge in [-0.15, -0.1) is 0 Å². The van der Waals surface area contributed by atoms with Gasteiger partial charge in [0.2, 0.25) is 5.91 Å². The second kappa shape index (κ2) is 9.12. The molecule has 0 bridgehead atoms. The van der Waals surface area contributed by atoms with Crippen molar-refractivity contribution in [1.29, 1.82) is 0 Å². The Kier molecular flexibility index (Phi) is 6.02. The molecule has 3 heterocycles. The van der Waals surface area contributed by atoms with Gasteiger partial charge in [0, 0.05) is 17.8 Å². The minimum atomic E-state index is -1.12. The molecule has 3 aromatic rings. The quantitative estimate of drug-likeness (QED) is 0.546. The summed E-state index contributed by atoms with van der Waals surface area (Å²) in [7, 11) is 0. The lowest BCUT2D eigenvalue weighted by Gasteiger charge is -2.43. The molecular formula is C27H32N4O3. The predicted molar refractivity (Wildman–Crippen MR) is 131 cm³/mol.